The Bertz CT molecular complexity index is 311. The van der Waals surface area contributed by atoms with Crippen LogP contribution in [-0.2, 0) is 5.41 Å². The van der Waals surface area contributed by atoms with Crippen molar-refractivity contribution < 1.29 is 4.42 Å². The average Bonchev–Trinajstić information content (AvgIpc) is 2.31. The predicted octanol–water partition coefficient (Wildman–Crippen LogP) is 3.40. The molecular weight excluding hydrogens is 162 g/mol. The first kappa shape index (κ1) is 10.0. The molecule has 0 aliphatic rings. The van der Waals surface area contributed by atoms with E-state index < -0.39 is 0 Å². The minimum atomic E-state index is 0.0256. The fourth-order valence-corrected chi connectivity index (χ4v) is 1.19. The van der Waals surface area contributed by atoms with Crippen molar-refractivity contribution in [2.45, 2.75) is 40.0 Å². The van der Waals surface area contributed by atoms with Crippen LogP contribution in [0.3, 0.4) is 0 Å². The van der Waals surface area contributed by atoms with E-state index in [0.29, 0.717) is 0 Å². The van der Waals surface area contributed by atoms with Crippen LogP contribution in [0.5, 0.6) is 0 Å². The van der Waals surface area contributed by atoms with E-state index in [1.807, 2.05) is 6.08 Å². The Morgan fingerprint density at radius 3 is 2.46 bits per heavy atom. The maximum Gasteiger partial charge on any atom is 0.181 e. The smallest absolute Gasteiger partial charge is 0.181 e. The standard InChI is InChI=1S/C11H17NO/c1-8(2)6-9-10(11(3,4)5)13-7-12-9/h6-7H,1-5H3. The summed E-state index contributed by atoms with van der Waals surface area (Å²) >= 11 is 0. The first-order valence-electron chi connectivity index (χ1n) is 4.50. The van der Waals surface area contributed by atoms with E-state index in [0.717, 1.165) is 11.5 Å². The summed E-state index contributed by atoms with van der Waals surface area (Å²) in [6.07, 6.45) is 3.56. The van der Waals surface area contributed by atoms with Gasteiger partial charge >= 0.3 is 0 Å². The lowest BCUT2D eigenvalue weighted by Crippen LogP contribution is -2.11. The van der Waals surface area contributed by atoms with E-state index in [1.165, 1.54) is 12.0 Å². The van der Waals surface area contributed by atoms with Crippen LogP contribution in [0.4, 0.5) is 0 Å². The summed E-state index contributed by atoms with van der Waals surface area (Å²) in [5.41, 5.74) is 2.21. The number of nitrogens with zero attached hydrogens (tertiary/aromatic N) is 1. The van der Waals surface area contributed by atoms with Gasteiger partial charge in [-0.05, 0) is 19.9 Å². The molecule has 0 amide bonds. The Kier molecular flexibility index (Phi) is 2.60. The summed E-state index contributed by atoms with van der Waals surface area (Å²) in [5, 5.41) is 0. The second kappa shape index (κ2) is 3.36. The van der Waals surface area contributed by atoms with Crippen LogP contribution in [-0.4, -0.2) is 4.98 Å². The molecule has 13 heavy (non-hydrogen) atoms. The lowest BCUT2D eigenvalue weighted by atomic mass is 9.91. The lowest BCUT2D eigenvalue weighted by molar-refractivity contribution is 0.407. The molecule has 2 heteroatoms. The zero-order chi connectivity index (χ0) is 10.1. The quantitative estimate of drug-likeness (QED) is 0.660. The zero-order valence-corrected chi connectivity index (χ0v) is 9.01. The second-order valence-corrected chi connectivity index (χ2v) is 4.54. The molecule has 0 saturated heterocycles. The highest BCUT2D eigenvalue weighted by Gasteiger charge is 2.21. The van der Waals surface area contributed by atoms with E-state index in [9.17, 15) is 0 Å². The van der Waals surface area contributed by atoms with Crippen LogP contribution in [0.25, 0.3) is 6.08 Å². The Labute approximate surface area is 79.7 Å². The van der Waals surface area contributed by atoms with Crippen LogP contribution in [0.1, 0.15) is 46.1 Å². The van der Waals surface area contributed by atoms with Crippen molar-refractivity contribution >= 4 is 6.08 Å². The van der Waals surface area contributed by atoms with E-state index in [1.54, 1.807) is 0 Å². The Balaban J connectivity index is 3.11. The minimum Gasteiger partial charge on any atom is -0.447 e. The number of aromatic nitrogens is 1. The van der Waals surface area contributed by atoms with Crippen molar-refractivity contribution in [1.29, 1.82) is 0 Å². The third kappa shape index (κ3) is 2.44. The first-order chi connectivity index (χ1) is 5.91. The van der Waals surface area contributed by atoms with Crippen LogP contribution in [0.15, 0.2) is 16.4 Å². The maximum absolute atomic E-state index is 5.37. The van der Waals surface area contributed by atoms with Gasteiger partial charge < -0.3 is 4.42 Å². The predicted molar refractivity (Wildman–Crippen MR) is 54.5 cm³/mol. The highest BCUT2D eigenvalue weighted by Crippen LogP contribution is 2.26. The van der Waals surface area contributed by atoms with E-state index in [-0.39, 0.29) is 5.41 Å². The molecule has 0 bridgehead atoms. The van der Waals surface area contributed by atoms with Crippen molar-refractivity contribution in [1.82, 2.24) is 4.98 Å². The van der Waals surface area contributed by atoms with Crippen LogP contribution in [0, 0.1) is 0 Å². The van der Waals surface area contributed by atoms with Crippen molar-refractivity contribution in [2.75, 3.05) is 0 Å². The SMILES string of the molecule is CC(C)=Cc1ncoc1C(C)(C)C. The van der Waals surface area contributed by atoms with Gasteiger partial charge in [0, 0.05) is 5.41 Å². The highest BCUT2D eigenvalue weighted by molar-refractivity contribution is 5.50. The Morgan fingerprint density at radius 2 is 2.00 bits per heavy atom. The van der Waals surface area contributed by atoms with Crippen LogP contribution in [0.2, 0.25) is 0 Å². The van der Waals surface area contributed by atoms with Gasteiger partial charge in [0.15, 0.2) is 6.39 Å². The second-order valence-electron chi connectivity index (χ2n) is 4.54. The molecule has 72 valence electrons. The topological polar surface area (TPSA) is 26.0 Å². The molecule has 0 saturated carbocycles. The Morgan fingerprint density at radius 1 is 1.38 bits per heavy atom. The third-order valence-electron chi connectivity index (χ3n) is 1.70. The molecule has 2 nitrogen and oxygen atoms in total. The molecule has 0 spiro atoms. The van der Waals surface area contributed by atoms with Crippen molar-refractivity contribution in [3.63, 3.8) is 0 Å². The molecule has 0 N–H and O–H groups in total. The minimum absolute atomic E-state index is 0.0256. The summed E-state index contributed by atoms with van der Waals surface area (Å²) in [5.74, 6) is 0.953. The number of rotatable bonds is 1. The van der Waals surface area contributed by atoms with Gasteiger partial charge in [0.05, 0.1) is 0 Å². The number of hydrogen-bond acceptors (Lipinski definition) is 2. The van der Waals surface area contributed by atoms with Crippen LogP contribution < -0.4 is 0 Å². The maximum atomic E-state index is 5.37. The van der Waals surface area contributed by atoms with Gasteiger partial charge in [0.25, 0.3) is 0 Å². The van der Waals surface area contributed by atoms with E-state index >= 15 is 0 Å². The molecule has 0 unspecified atom stereocenters. The highest BCUT2D eigenvalue weighted by atomic mass is 16.3. The van der Waals surface area contributed by atoms with Crippen molar-refractivity contribution in [3.8, 4) is 0 Å². The number of allylic oxidation sites excluding steroid dienone is 1. The first-order valence-corrected chi connectivity index (χ1v) is 4.50. The van der Waals surface area contributed by atoms with Gasteiger partial charge in [-0.25, -0.2) is 4.98 Å². The summed E-state index contributed by atoms with van der Waals surface area (Å²) in [4.78, 5) is 4.18. The van der Waals surface area contributed by atoms with Gasteiger partial charge in [-0.2, -0.15) is 0 Å². The summed E-state index contributed by atoms with van der Waals surface area (Å²) in [7, 11) is 0. The van der Waals surface area contributed by atoms with Crippen molar-refractivity contribution in [3.05, 3.63) is 23.4 Å². The summed E-state index contributed by atoms with van der Waals surface area (Å²) in [6.45, 7) is 10.5. The van der Waals surface area contributed by atoms with Gasteiger partial charge in [-0.15, -0.1) is 0 Å². The fourth-order valence-electron chi connectivity index (χ4n) is 1.19. The molecule has 0 aromatic carbocycles. The zero-order valence-electron chi connectivity index (χ0n) is 9.01. The lowest BCUT2D eigenvalue weighted by Gasteiger charge is -2.14. The molecule has 0 aliphatic heterocycles. The van der Waals surface area contributed by atoms with Gasteiger partial charge in [0.2, 0.25) is 0 Å². The van der Waals surface area contributed by atoms with Gasteiger partial charge in [-0.1, -0.05) is 26.3 Å². The molecular formula is C11H17NO. The summed E-state index contributed by atoms with van der Waals surface area (Å²) < 4.78 is 5.37. The molecule has 0 fully saturated rings. The number of hydrogen-bond donors (Lipinski definition) is 0. The molecule has 0 radical (unpaired) electrons. The monoisotopic (exact) mass is 179 g/mol. The molecule has 1 aromatic rings. The third-order valence-corrected chi connectivity index (χ3v) is 1.70. The van der Waals surface area contributed by atoms with Gasteiger partial charge in [0.1, 0.15) is 11.5 Å². The largest absolute Gasteiger partial charge is 0.447 e. The van der Waals surface area contributed by atoms with Crippen molar-refractivity contribution in [2.24, 2.45) is 0 Å². The number of oxazole rings is 1. The van der Waals surface area contributed by atoms with Crippen LogP contribution >= 0.6 is 0 Å². The normalized spacial score (nSPS) is 11.5. The molecule has 1 heterocycles. The van der Waals surface area contributed by atoms with Gasteiger partial charge in [-0.3, -0.25) is 0 Å². The average molecular weight is 179 g/mol. The molecule has 1 aromatic heterocycles. The van der Waals surface area contributed by atoms with E-state index in [4.69, 9.17) is 4.42 Å². The Hall–Kier alpha value is -1.05. The molecule has 1 rings (SSSR count). The molecule has 0 atom stereocenters. The van der Waals surface area contributed by atoms with E-state index in [2.05, 4.69) is 39.6 Å². The fraction of sp³-hybridized carbons (Fsp3) is 0.545. The summed E-state index contributed by atoms with van der Waals surface area (Å²) in [6, 6.07) is 0. The molecule has 0 aliphatic carbocycles.